The summed E-state index contributed by atoms with van der Waals surface area (Å²) >= 11 is 0. The van der Waals surface area contributed by atoms with Gasteiger partial charge in [0.15, 0.2) is 0 Å². The van der Waals surface area contributed by atoms with E-state index < -0.39 is 10.0 Å². The van der Waals surface area contributed by atoms with Gasteiger partial charge in [0.1, 0.15) is 24.4 Å². The van der Waals surface area contributed by atoms with Crippen LogP contribution in [0.25, 0.3) is 0 Å². The summed E-state index contributed by atoms with van der Waals surface area (Å²) in [6, 6.07) is 6.72. The maximum Gasteiger partial charge on any atom is 0.238 e. The highest BCUT2D eigenvalue weighted by Gasteiger charge is 2.13. The van der Waals surface area contributed by atoms with E-state index >= 15 is 0 Å². The van der Waals surface area contributed by atoms with E-state index in [0.717, 1.165) is 0 Å². The van der Waals surface area contributed by atoms with Crippen LogP contribution in [0.1, 0.15) is 0 Å². The lowest BCUT2D eigenvalue weighted by Crippen LogP contribution is -2.23. The molecule has 0 fully saturated rings. The molecule has 3 N–H and O–H groups in total. The molecule has 20 heavy (non-hydrogen) atoms. The normalized spacial score (nSPS) is 11.2. The Hall–Kier alpha value is -2.29. The minimum atomic E-state index is -3.53. The van der Waals surface area contributed by atoms with Crippen molar-refractivity contribution in [3.05, 3.63) is 30.6 Å². The molecule has 0 atom stereocenters. The van der Waals surface area contributed by atoms with Gasteiger partial charge in [0.2, 0.25) is 16.0 Å². The molecule has 9 heteroatoms. The van der Waals surface area contributed by atoms with E-state index in [2.05, 4.69) is 14.8 Å². The predicted molar refractivity (Wildman–Crippen MR) is 74.8 cm³/mol. The number of benzene rings is 1. The molecule has 0 bridgehead atoms. The minimum absolute atomic E-state index is 0.0249. The number of hydrogen-bond acceptors (Lipinski definition) is 6. The summed E-state index contributed by atoms with van der Waals surface area (Å²) in [7, 11) is -1.94. The lowest BCUT2D eigenvalue weighted by molar-refractivity contribution is 0.341. The summed E-state index contributed by atoms with van der Waals surface area (Å²) < 4.78 is 32.6. The van der Waals surface area contributed by atoms with Crippen molar-refractivity contribution in [2.24, 2.45) is 7.05 Å². The molecule has 0 unspecified atom stereocenters. The van der Waals surface area contributed by atoms with Gasteiger partial charge < -0.3 is 10.5 Å². The van der Waals surface area contributed by atoms with Gasteiger partial charge in [-0.3, -0.25) is 4.72 Å². The molecule has 8 nitrogen and oxygen atoms in total. The number of hydrogen-bond donors (Lipinski definition) is 2. The smallest absolute Gasteiger partial charge is 0.238 e. The topological polar surface area (TPSA) is 112 Å². The lowest BCUT2D eigenvalue weighted by Gasteiger charge is -2.08. The molecule has 0 radical (unpaired) electrons. The van der Waals surface area contributed by atoms with Crippen molar-refractivity contribution in [2.45, 2.75) is 0 Å². The lowest BCUT2D eigenvalue weighted by atomic mass is 10.3. The average Bonchev–Trinajstić information content (AvgIpc) is 2.77. The Morgan fingerprint density at radius 1 is 1.35 bits per heavy atom. The number of anilines is 2. The van der Waals surface area contributed by atoms with Crippen molar-refractivity contribution in [2.75, 3.05) is 22.8 Å². The summed E-state index contributed by atoms with van der Waals surface area (Å²) in [4.78, 5) is 3.78. The van der Waals surface area contributed by atoms with Crippen molar-refractivity contribution >= 4 is 21.7 Å². The van der Waals surface area contributed by atoms with Gasteiger partial charge in [0.25, 0.3) is 0 Å². The van der Waals surface area contributed by atoms with Crippen molar-refractivity contribution in [1.29, 1.82) is 0 Å². The van der Waals surface area contributed by atoms with Gasteiger partial charge in [-0.15, -0.1) is 0 Å². The summed E-state index contributed by atoms with van der Waals surface area (Å²) in [6.07, 6.45) is 1.27. The van der Waals surface area contributed by atoms with E-state index in [1.807, 2.05) is 0 Å². The molecular weight excluding hydrogens is 282 g/mol. The highest BCUT2D eigenvalue weighted by atomic mass is 32.2. The average molecular weight is 297 g/mol. The Morgan fingerprint density at radius 2 is 2.05 bits per heavy atom. The number of ether oxygens (including phenoxy) is 1. The minimum Gasteiger partial charge on any atom is -0.492 e. The summed E-state index contributed by atoms with van der Waals surface area (Å²) in [5, 5.41) is 3.77. The summed E-state index contributed by atoms with van der Waals surface area (Å²) in [5.41, 5.74) is 6.16. The fourth-order valence-electron chi connectivity index (χ4n) is 1.41. The van der Waals surface area contributed by atoms with Crippen LogP contribution < -0.4 is 15.2 Å². The number of nitrogen functional groups attached to an aromatic ring is 1. The van der Waals surface area contributed by atoms with Gasteiger partial charge in [-0.05, 0) is 24.3 Å². The van der Waals surface area contributed by atoms with Gasteiger partial charge in [0.05, 0.1) is 0 Å². The number of aromatic nitrogens is 3. The third kappa shape index (κ3) is 3.85. The summed E-state index contributed by atoms with van der Waals surface area (Å²) in [5.74, 6) is 0.537. The van der Waals surface area contributed by atoms with E-state index in [1.54, 1.807) is 31.3 Å². The second-order valence-electron chi connectivity index (χ2n) is 4.05. The SMILES string of the molecule is Cn1ncnc1NS(=O)(=O)CCOc1ccc(N)cc1. The zero-order valence-electron chi connectivity index (χ0n) is 10.9. The van der Waals surface area contributed by atoms with Gasteiger partial charge >= 0.3 is 0 Å². The number of nitrogens with one attached hydrogen (secondary N) is 1. The molecule has 0 aliphatic heterocycles. The molecule has 2 aromatic rings. The summed E-state index contributed by atoms with van der Waals surface area (Å²) in [6.45, 7) is 0.0249. The first-order chi connectivity index (χ1) is 9.46. The highest BCUT2D eigenvalue weighted by molar-refractivity contribution is 7.92. The van der Waals surface area contributed by atoms with Crippen LogP contribution in [0.5, 0.6) is 5.75 Å². The highest BCUT2D eigenvalue weighted by Crippen LogP contribution is 2.13. The Balaban J connectivity index is 1.86. The van der Waals surface area contributed by atoms with Crippen LogP contribution in [-0.2, 0) is 17.1 Å². The van der Waals surface area contributed by atoms with Gasteiger partial charge in [0, 0.05) is 12.7 Å². The van der Waals surface area contributed by atoms with E-state index in [-0.39, 0.29) is 18.3 Å². The maximum atomic E-state index is 11.8. The first-order valence-electron chi connectivity index (χ1n) is 5.79. The van der Waals surface area contributed by atoms with Crippen LogP contribution >= 0.6 is 0 Å². The molecule has 0 spiro atoms. The van der Waals surface area contributed by atoms with E-state index in [1.165, 1.54) is 11.0 Å². The molecule has 0 saturated carbocycles. The quantitative estimate of drug-likeness (QED) is 0.737. The molecule has 0 amide bonds. The fraction of sp³-hybridized carbons (Fsp3) is 0.273. The molecule has 1 heterocycles. The molecule has 0 aliphatic carbocycles. The van der Waals surface area contributed by atoms with E-state index in [9.17, 15) is 8.42 Å². The Morgan fingerprint density at radius 3 is 2.65 bits per heavy atom. The van der Waals surface area contributed by atoms with Gasteiger partial charge in [-0.2, -0.15) is 10.1 Å². The molecule has 1 aromatic heterocycles. The van der Waals surface area contributed by atoms with Crippen LogP contribution in [-0.4, -0.2) is 35.5 Å². The van der Waals surface area contributed by atoms with Crippen LogP contribution in [0.4, 0.5) is 11.6 Å². The first-order valence-corrected chi connectivity index (χ1v) is 7.44. The zero-order valence-corrected chi connectivity index (χ0v) is 11.7. The number of nitrogens with zero attached hydrogens (tertiary/aromatic N) is 3. The van der Waals surface area contributed by atoms with E-state index in [0.29, 0.717) is 11.4 Å². The molecule has 1 aromatic carbocycles. The Kier molecular flexibility index (Phi) is 4.08. The van der Waals surface area contributed by atoms with Crippen LogP contribution in [0.15, 0.2) is 30.6 Å². The van der Waals surface area contributed by atoms with Crippen LogP contribution in [0.2, 0.25) is 0 Å². The molecule has 0 saturated heterocycles. The molecule has 2 rings (SSSR count). The van der Waals surface area contributed by atoms with Crippen molar-refractivity contribution in [1.82, 2.24) is 14.8 Å². The third-order valence-corrected chi connectivity index (χ3v) is 3.66. The fourth-order valence-corrected chi connectivity index (χ4v) is 2.28. The number of aryl methyl sites for hydroxylation is 1. The monoisotopic (exact) mass is 297 g/mol. The molecule has 0 aliphatic rings. The zero-order chi connectivity index (χ0) is 14.6. The van der Waals surface area contributed by atoms with Crippen LogP contribution in [0, 0.1) is 0 Å². The number of sulfonamides is 1. The van der Waals surface area contributed by atoms with Gasteiger partial charge in [-0.1, -0.05) is 0 Å². The Labute approximate surface area is 116 Å². The van der Waals surface area contributed by atoms with Crippen LogP contribution in [0.3, 0.4) is 0 Å². The maximum absolute atomic E-state index is 11.8. The first kappa shape index (κ1) is 14.1. The number of nitrogens with two attached hydrogens (primary N) is 1. The standard InChI is InChI=1S/C11H15N5O3S/c1-16-11(13-8-14-16)15-20(17,18)7-6-19-10-4-2-9(12)3-5-10/h2-5,8H,6-7,12H2,1H3,(H,13,14,15). The van der Waals surface area contributed by atoms with Crippen molar-refractivity contribution in [3.8, 4) is 5.75 Å². The predicted octanol–water partition coefficient (Wildman–Crippen LogP) is 0.218. The molecule has 108 valence electrons. The second kappa shape index (κ2) is 5.78. The van der Waals surface area contributed by atoms with Crippen molar-refractivity contribution in [3.63, 3.8) is 0 Å². The number of rotatable bonds is 6. The van der Waals surface area contributed by atoms with Gasteiger partial charge in [-0.25, -0.2) is 13.1 Å². The Bertz CT molecular complexity index is 666. The van der Waals surface area contributed by atoms with Crippen molar-refractivity contribution < 1.29 is 13.2 Å². The second-order valence-corrected chi connectivity index (χ2v) is 5.89. The third-order valence-electron chi connectivity index (χ3n) is 2.46. The van der Waals surface area contributed by atoms with E-state index in [4.69, 9.17) is 10.5 Å². The molecular formula is C11H15N5O3S. The largest absolute Gasteiger partial charge is 0.492 e.